The molecular weight excluding hydrogens is 228 g/mol. The monoisotopic (exact) mass is 250 g/mol. The van der Waals surface area contributed by atoms with Crippen LogP contribution in [0.4, 0.5) is 0 Å². The number of piperidine rings is 1. The first kappa shape index (κ1) is 12.1. The van der Waals surface area contributed by atoms with Gasteiger partial charge in [0.2, 0.25) is 0 Å². The van der Waals surface area contributed by atoms with Crippen molar-refractivity contribution in [1.82, 2.24) is 19.7 Å². The lowest BCUT2D eigenvalue weighted by atomic mass is 9.97. The Morgan fingerprint density at radius 2 is 2.22 bits per heavy atom. The molecule has 1 fully saturated rings. The number of aryl methyl sites for hydroxylation is 1. The molecule has 0 spiro atoms. The zero-order valence-corrected chi connectivity index (χ0v) is 11.0. The van der Waals surface area contributed by atoms with E-state index >= 15 is 0 Å². The highest BCUT2D eigenvalue weighted by molar-refractivity contribution is 5.04. The number of likely N-dealkylation sites (tertiary alicyclic amines) is 1. The predicted molar refractivity (Wildman–Crippen MR) is 68.4 cm³/mol. The molecule has 1 aromatic rings. The zero-order chi connectivity index (χ0) is 12.5. The van der Waals surface area contributed by atoms with Crippen LogP contribution >= 0.6 is 0 Å². The number of hydrogen-bond acceptors (Lipinski definition) is 4. The lowest BCUT2D eigenvalue weighted by molar-refractivity contribution is 0.138. The average molecular weight is 250 g/mol. The van der Waals surface area contributed by atoms with Crippen molar-refractivity contribution in [2.45, 2.75) is 51.2 Å². The maximum atomic E-state index is 9.67. The van der Waals surface area contributed by atoms with Crippen LogP contribution in [0.1, 0.15) is 43.8 Å². The summed E-state index contributed by atoms with van der Waals surface area (Å²) in [5.74, 6) is 2.45. The van der Waals surface area contributed by atoms with Gasteiger partial charge in [-0.2, -0.15) is 5.10 Å². The van der Waals surface area contributed by atoms with Gasteiger partial charge in [0.1, 0.15) is 5.82 Å². The molecule has 5 heteroatoms. The Bertz CT molecular complexity index is 417. The van der Waals surface area contributed by atoms with Gasteiger partial charge < -0.3 is 10.0 Å². The van der Waals surface area contributed by atoms with Crippen LogP contribution in [-0.2, 0) is 13.0 Å². The van der Waals surface area contributed by atoms with E-state index in [9.17, 15) is 5.11 Å². The van der Waals surface area contributed by atoms with Crippen LogP contribution in [0.5, 0.6) is 0 Å². The van der Waals surface area contributed by atoms with E-state index in [-0.39, 0.29) is 6.10 Å². The maximum Gasteiger partial charge on any atom is 0.155 e. The zero-order valence-electron chi connectivity index (χ0n) is 11.0. The fraction of sp³-hybridized carbons (Fsp3) is 0.846. The molecule has 2 atom stereocenters. The fourth-order valence-electron chi connectivity index (χ4n) is 3.03. The van der Waals surface area contributed by atoms with Gasteiger partial charge in [0.15, 0.2) is 5.82 Å². The third-order valence-corrected chi connectivity index (χ3v) is 4.17. The Morgan fingerprint density at radius 1 is 1.33 bits per heavy atom. The summed E-state index contributed by atoms with van der Waals surface area (Å²) in [6, 6.07) is 0. The van der Waals surface area contributed by atoms with Gasteiger partial charge in [-0.15, -0.1) is 0 Å². The molecule has 2 aliphatic rings. The molecular formula is C13H22N4O. The van der Waals surface area contributed by atoms with Gasteiger partial charge in [0.05, 0.1) is 6.10 Å². The molecule has 2 unspecified atom stereocenters. The van der Waals surface area contributed by atoms with Gasteiger partial charge in [0, 0.05) is 25.4 Å². The van der Waals surface area contributed by atoms with Gasteiger partial charge >= 0.3 is 0 Å². The third-order valence-electron chi connectivity index (χ3n) is 4.17. The molecule has 0 aliphatic carbocycles. The highest BCUT2D eigenvalue weighted by Gasteiger charge is 2.27. The molecule has 0 amide bonds. The first-order valence-electron chi connectivity index (χ1n) is 7.10. The second-order valence-corrected chi connectivity index (χ2v) is 5.49. The van der Waals surface area contributed by atoms with E-state index in [1.54, 1.807) is 0 Å². The second kappa shape index (κ2) is 4.97. The fourth-order valence-corrected chi connectivity index (χ4v) is 3.03. The summed E-state index contributed by atoms with van der Waals surface area (Å²) in [6.45, 7) is 6.43. The van der Waals surface area contributed by atoms with E-state index < -0.39 is 0 Å². The number of likely N-dealkylation sites (N-methyl/N-ethyl adjacent to an activating group) is 1. The number of aliphatic hydroxyl groups is 1. The number of hydrogen-bond donors (Lipinski definition) is 1. The van der Waals surface area contributed by atoms with Crippen molar-refractivity contribution in [3.05, 3.63) is 11.6 Å². The summed E-state index contributed by atoms with van der Waals surface area (Å²) in [5.41, 5.74) is 0. The molecule has 5 nitrogen and oxygen atoms in total. The summed E-state index contributed by atoms with van der Waals surface area (Å²) < 4.78 is 1.99. The van der Waals surface area contributed by atoms with E-state index in [1.807, 2.05) is 4.68 Å². The highest BCUT2D eigenvalue weighted by Crippen LogP contribution is 2.25. The van der Waals surface area contributed by atoms with Crippen LogP contribution in [0.3, 0.4) is 0 Å². The summed E-state index contributed by atoms with van der Waals surface area (Å²) in [6.07, 6.45) is 3.68. The van der Waals surface area contributed by atoms with E-state index in [0.717, 1.165) is 37.7 Å². The van der Waals surface area contributed by atoms with Gasteiger partial charge in [-0.25, -0.2) is 9.67 Å². The molecule has 1 aromatic heterocycles. The summed E-state index contributed by atoms with van der Waals surface area (Å²) in [5, 5.41) is 14.3. The minimum absolute atomic E-state index is 0.229. The van der Waals surface area contributed by atoms with Crippen molar-refractivity contribution in [3.8, 4) is 0 Å². The van der Waals surface area contributed by atoms with E-state index in [1.165, 1.54) is 19.4 Å². The van der Waals surface area contributed by atoms with E-state index in [0.29, 0.717) is 12.3 Å². The summed E-state index contributed by atoms with van der Waals surface area (Å²) >= 11 is 0. The molecule has 2 aliphatic heterocycles. The Kier molecular flexibility index (Phi) is 3.35. The number of rotatable bonds is 2. The molecule has 1 N–H and O–H groups in total. The smallest absolute Gasteiger partial charge is 0.155 e. The highest BCUT2D eigenvalue weighted by atomic mass is 16.3. The lowest BCUT2D eigenvalue weighted by Crippen LogP contribution is -2.34. The lowest BCUT2D eigenvalue weighted by Gasteiger charge is -2.30. The number of aliphatic hydroxyl groups excluding tert-OH is 1. The molecule has 0 saturated carbocycles. The number of aromatic nitrogens is 3. The molecule has 0 bridgehead atoms. The number of nitrogens with zero attached hydrogens (tertiary/aromatic N) is 4. The van der Waals surface area contributed by atoms with Crippen LogP contribution in [-0.4, -0.2) is 50.5 Å². The van der Waals surface area contributed by atoms with Gasteiger partial charge in [-0.3, -0.25) is 0 Å². The second-order valence-electron chi connectivity index (χ2n) is 5.49. The minimum Gasteiger partial charge on any atom is -0.393 e. The third kappa shape index (κ3) is 2.29. The molecule has 0 aromatic carbocycles. The topological polar surface area (TPSA) is 54.2 Å². The molecule has 3 rings (SSSR count). The van der Waals surface area contributed by atoms with Crippen LogP contribution < -0.4 is 0 Å². The van der Waals surface area contributed by atoms with Gasteiger partial charge in [-0.1, -0.05) is 6.92 Å². The Labute approximate surface area is 108 Å². The Balaban J connectivity index is 1.76. The Morgan fingerprint density at radius 3 is 3.06 bits per heavy atom. The van der Waals surface area contributed by atoms with Crippen molar-refractivity contribution < 1.29 is 5.11 Å². The molecule has 1 saturated heterocycles. The van der Waals surface area contributed by atoms with Crippen molar-refractivity contribution in [2.75, 3.05) is 19.6 Å². The van der Waals surface area contributed by atoms with Crippen molar-refractivity contribution >= 4 is 0 Å². The van der Waals surface area contributed by atoms with Gasteiger partial charge in [0.25, 0.3) is 0 Å². The van der Waals surface area contributed by atoms with E-state index in [2.05, 4.69) is 21.9 Å². The quantitative estimate of drug-likeness (QED) is 0.843. The summed E-state index contributed by atoms with van der Waals surface area (Å²) in [7, 11) is 0. The minimum atomic E-state index is -0.229. The van der Waals surface area contributed by atoms with Crippen LogP contribution in [0.25, 0.3) is 0 Å². The number of fused-ring (bicyclic) bond motifs is 1. The van der Waals surface area contributed by atoms with Gasteiger partial charge in [-0.05, 0) is 32.4 Å². The van der Waals surface area contributed by atoms with Crippen molar-refractivity contribution in [3.63, 3.8) is 0 Å². The normalized spacial score (nSPS) is 29.2. The van der Waals surface area contributed by atoms with Crippen LogP contribution in [0.15, 0.2) is 0 Å². The van der Waals surface area contributed by atoms with Crippen molar-refractivity contribution in [1.29, 1.82) is 0 Å². The molecule has 18 heavy (non-hydrogen) atoms. The largest absolute Gasteiger partial charge is 0.393 e. The van der Waals surface area contributed by atoms with Crippen molar-refractivity contribution in [2.24, 2.45) is 0 Å². The van der Waals surface area contributed by atoms with E-state index in [4.69, 9.17) is 0 Å². The first-order valence-corrected chi connectivity index (χ1v) is 7.10. The summed E-state index contributed by atoms with van der Waals surface area (Å²) in [4.78, 5) is 7.13. The molecule has 100 valence electrons. The Hall–Kier alpha value is -0.940. The SMILES string of the molecule is CCN1CCCC(c2nc3n(n2)CCC(O)C3)C1. The standard InChI is InChI=1S/C13H22N4O/c1-2-16-6-3-4-10(9-16)13-14-12-8-11(18)5-7-17(12)15-13/h10-11,18H,2-9H2,1H3. The molecule has 0 radical (unpaired) electrons. The molecule has 3 heterocycles. The first-order chi connectivity index (χ1) is 8.76. The maximum absolute atomic E-state index is 9.67. The van der Waals surface area contributed by atoms with Crippen LogP contribution in [0, 0.1) is 0 Å². The van der Waals surface area contributed by atoms with Crippen LogP contribution in [0.2, 0.25) is 0 Å². The predicted octanol–water partition coefficient (Wildman–Crippen LogP) is 0.784. The average Bonchev–Trinajstić information content (AvgIpc) is 2.81.